The van der Waals surface area contributed by atoms with Gasteiger partial charge < -0.3 is 4.74 Å². The number of hydrogen-bond donors (Lipinski definition) is 0. The number of ether oxygens (including phenoxy) is 1. The maximum atomic E-state index is 12.2. The molecular formula is C23H36O2. The fourth-order valence-corrected chi connectivity index (χ4v) is 8.15. The number of carbonyl (C=O) groups is 1. The summed E-state index contributed by atoms with van der Waals surface area (Å²) < 4.78 is 5.77. The summed E-state index contributed by atoms with van der Waals surface area (Å²) in [5.74, 6) is 4.13. The van der Waals surface area contributed by atoms with Crippen molar-refractivity contribution in [3.63, 3.8) is 0 Å². The van der Waals surface area contributed by atoms with Crippen molar-refractivity contribution in [3.05, 3.63) is 12.8 Å². The van der Waals surface area contributed by atoms with Crippen molar-refractivity contribution in [2.24, 2.45) is 40.4 Å². The van der Waals surface area contributed by atoms with Crippen LogP contribution in [0.5, 0.6) is 0 Å². The molecule has 2 unspecified atom stereocenters. The molecule has 0 amide bonds. The molecule has 0 heterocycles. The average molecular weight is 345 g/mol. The molecule has 0 radical (unpaired) electrons. The summed E-state index contributed by atoms with van der Waals surface area (Å²) in [6.07, 6.45) is 13.6. The highest BCUT2D eigenvalue weighted by molar-refractivity contribution is 5.79. The van der Waals surface area contributed by atoms with Gasteiger partial charge in [0.1, 0.15) is 5.78 Å². The summed E-state index contributed by atoms with van der Waals surface area (Å²) in [7, 11) is 0. The summed E-state index contributed by atoms with van der Waals surface area (Å²) in [5, 5.41) is 0. The molecule has 4 rings (SSSR count). The van der Waals surface area contributed by atoms with Crippen molar-refractivity contribution < 1.29 is 9.53 Å². The van der Waals surface area contributed by atoms with Crippen LogP contribution in [0.15, 0.2) is 12.8 Å². The summed E-state index contributed by atoms with van der Waals surface area (Å²) in [6, 6.07) is 0. The van der Waals surface area contributed by atoms with Gasteiger partial charge in [-0.2, -0.15) is 0 Å². The third-order valence-corrected chi connectivity index (χ3v) is 9.40. The number of Topliss-reactive ketones (excluding diaryl/α,β-unsaturated/α-hetero) is 1. The maximum Gasteiger partial charge on any atom is 0.133 e. The minimum atomic E-state index is 0.291. The molecular weight excluding hydrogens is 308 g/mol. The first-order valence-electron chi connectivity index (χ1n) is 10.7. The van der Waals surface area contributed by atoms with Gasteiger partial charge in [-0.1, -0.05) is 20.4 Å². The smallest absolute Gasteiger partial charge is 0.133 e. The second kappa shape index (κ2) is 6.13. The first-order valence-corrected chi connectivity index (χ1v) is 10.7. The third-order valence-electron chi connectivity index (χ3n) is 9.40. The fraction of sp³-hybridized carbons (Fsp3) is 0.870. The van der Waals surface area contributed by atoms with Crippen LogP contribution in [-0.2, 0) is 9.53 Å². The molecule has 25 heavy (non-hydrogen) atoms. The Hall–Kier alpha value is -0.790. The van der Waals surface area contributed by atoms with E-state index in [-0.39, 0.29) is 0 Å². The monoisotopic (exact) mass is 344 g/mol. The van der Waals surface area contributed by atoms with Crippen LogP contribution in [0, 0.1) is 40.4 Å². The molecule has 0 saturated heterocycles. The first-order chi connectivity index (χ1) is 11.9. The van der Waals surface area contributed by atoms with E-state index in [1.54, 1.807) is 6.26 Å². The van der Waals surface area contributed by atoms with E-state index in [2.05, 4.69) is 20.4 Å². The van der Waals surface area contributed by atoms with E-state index in [1.165, 1.54) is 51.4 Å². The van der Waals surface area contributed by atoms with Crippen LogP contribution < -0.4 is 0 Å². The number of rotatable bonds is 3. The Balaban J connectivity index is 1.56. The predicted molar refractivity (Wildman–Crippen MR) is 101 cm³/mol. The minimum Gasteiger partial charge on any atom is -0.499 e. The standard InChI is InChI=1S/C23H36O2/c1-5-25-17-10-12-22(3)16(14-17)6-7-18-20-9-8-19(15(2)24)23(20,4)13-11-21(18)22/h5,16-21H,1,6-14H2,2-4H3/t16-,17?,18-,19?,20-,21-,22-,23+/m0/s1. The molecule has 4 aliphatic rings. The number of carbonyl (C=O) groups excluding carboxylic acids is 1. The first kappa shape index (κ1) is 17.6. The van der Waals surface area contributed by atoms with Crippen molar-refractivity contribution in [1.29, 1.82) is 0 Å². The number of ketones is 1. The lowest BCUT2D eigenvalue weighted by Crippen LogP contribution is -2.54. The van der Waals surface area contributed by atoms with Crippen molar-refractivity contribution >= 4 is 5.78 Å². The Labute approximate surface area is 153 Å². The Kier molecular flexibility index (Phi) is 4.32. The molecule has 0 bridgehead atoms. The highest BCUT2D eigenvalue weighted by Gasteiger charge is 2.60. The van der Waals surface area contributed by atoms with E-state index in [4.69, 9.17) is 4.74 Å². The van der Waals surface area contributed by atoms with Gasteiger partial charge in [0.2, 0.25) is 0 Å². The Morgan fingerprint density at radius 2 is 1.72 bits per heavy atom. The lowest BCUT2D eigenvalue weighted by atomic mass is 9.44. The topological polar surface area (TPSA) is 26.3 Å². The lowest BCUT2D eigenvalue weighted by Gasteiger charge is -2.61. The van der Waals surface area contributed by atoms with Crippen LogP contribution in [0.4, 0.5) is 0 Å². The molecule has 140 valence electrons. The highest BCUT2D eigenvalue weighted by Crippen LogP contribution is 2.67. The summed E-state index contributed by atoms with van der Waals surface area (Å²) in [6.45, 7) is 10.6. The Morgan fingerprint density at radius 1 is 1.00 bits per heavy atom. The van der Waals surface area contributed by atoms with Crippen molar-refractivity contribution in [1.82, 2.24) is 0 Å². The van der Waals surface area contributed by atoms with Gasteiger partial charge in [0.05, 0.1) is 12.4 Å². The zero-order valence-electron chi connectivity index (χ0n) is 16.4. The SMILES string of the molecule is C=COC1CC[C@@]2(C)[C@@H](CC[C@@H]3[C@@H]2CC[C@]2(C)C(C(C)=O)CC[C@@H]32)C1. The molecule has 2 heteroatoms. The molecule has 4 aliphatic carbocycles. The molecule has 0 spiro atoms. The Morgan fingerprint density at radius 3 is 2.44 bits per heavy atom. The molecule has 0 aromatic heterocycles. The van der Waals surface area contributed by atoms with E-state index >= 15 is 0 Å². The van der Waals surface area contributed by atoms with Gasteiger partial charge in [-0.3, -0.25) is 4.79 Å². The van der Waals surface area contributed by atoms with E-state index in [1.807, 2.05) is 6.92 Å². The summed E-state index contributed by atoms with van der Waals surface area (Å²) in [4.78, 5) is 12.2. The molecule has 0 aromatic rings. The average Bonchev–Trinajstić information content (AvgIpc) is 2.93. The molecule has 8 atom stereocenters. The fourth-order valence-electron chi connectivity index (χ4n) is 8.15. The van der Waals surface area contributed by atoms with Crippen LogP contribution in [0.3, 0.4) is 0 Å². The molecule has 4 fully saturated rings. The van der Waals surface area contributed by atoms with Gasteiger partial charge >= 0.3 is 0 Å². The largest absolute Gasteiger partial charge is 0.499 e. The molecule has 0 N–H and O–H groups in total. The van der Waals surface area contributed by atoms with Crippen molar-refractivity contribution in [2.45, 2.75) is 84.7 Å². The van der Waals surface area contributed by atoms with Crippen molar-refractivity contribution in [2.75, 3.05) is 0 Å². The lowest BCUT2D eigenvalue weighted by molar-refractivity contribution is -0.138. The Bertz CT molecular complexity index is 554. The second-order valence-corrected chi connectivity index (χ2v) is 10.1. The maximum absolute atomic E-state index is 12.2. The van der Waals surface area contributed by atoms with Crippen LogP contribution in [0.25, 0.3) is 0 Å². The van der Waals surface area contributed by atoms with Crippen LogP contribution in [0.2, 0.25) is 0 Å². The quantitative estimate of drug-likeness (QED) is 0.608. The van der Waals surface area contributed by atoms with Gasteiger partial charge in [-0.15, -0.1) is 0 Å². The molecule has 0 aromatic carbocycles. The van der Waals surface area contributed by atoms with Gasteiger partial charge in [0, 0.05) is 5.92 Å². The second-order valence-electron chi connectivity index (χ2n) is 10.1. The minimum absolute atomic E-state index is 0.291. The zero-order chi connectivity index (χ0) is 17.8. The van der Waals surface area contributed by atoms with Gasteiger partial charge in [-0.05, 0) is 99.2 Å². The number of hydrogen-bond acceptors (Lipinski definition) is 2. The van der Waals surface area contributed by atoms with Crippen LogP contribution >= 0.6 is 0 Å². The van der Waals surface area contributed by atoms with E-state index in [0.29, 0.717) is 28.6 Å². The van der Waals surface area contributed by atoms with Gasteiger partial charge in [0.25, 0.3) is 0 Å². The van der Waals surface area contributed by atoms with E-state index in [9.17, 15) is 4.79 Å². The third kappa shape index (κ3) is 2.53. The molecule has 4 saturated carbocycles. The summed E-state index contributed by atoms with van der Waals surface area (Å²) in [5.41, 5.74) is 0.791. The van der Waals surface area contributed by atoms with E-state index in [0.717, 1.165) is 30.1 Å². The zero-order valence-corrected chi connectivity index (χ0v) is 16.4. The number of fused-ring (bicyclic) bond motifs is 5. The molecule has 0 aliphatic heterocycles. The normalized spacial score (nSPS) is 51.8. The predicted octanol–water partition coefficient (Wildman–Crippen LogP) is 5.76. The van der Waals surface area contributed by atoms with Crippen LogP contribution in [-0.4, -0.2) is 11.9 Å². The van der Waals surface area contributed by atoms with Crippen LogP contribution in [0.1, 0.15) is 78.6 Å². The molecule has 2 nitrogen and oxygen atoms in total. The summed E-state index contributed by atoms with van der Waals surface area (Å²) >= 11 is 0. The highest BCUT2D eigenvalue weighted by atomic mass is 16.5. The van der Waals surface area contributed by atoms with Gasteiger partial charge in [-0.25, -0.2) is 0 Å². The van der Waals surface area contributed by atoms with E-state index < -0.39 is 0 Å². The van der Waals surface area contributed by atoms with Gasteiger partial charge in [0.15, 0.2) is 0 Å². The van der Waals surface area contributed by atoms with Crippen molar-refractivity contribution in [3.8, 4) is 0 Å².